The van der Waals surface area contributed by atoms with Crippen LogP contribution >= 0.6 is 35.0 Å². The van der Waals surface area contributed by atoms with E-state index in [1.165, 1.54) is 11.8 Å². The monoisotopic (exact) mass is 402 g/mol. The van der Waals surface area contributed by atoms with Gasteiger partial charge in [0.25, 0.3) is 0 Å². The van der Waals surface area contributed by atoms with Crippen molar-refractivity contribution in [3.63, 3.8) is 0 Å². The van der Waals surface area contributed by atoms with Gasteiger partial charge in [0.2, 0.25) is 5.91 Å². The SMILES string of the molecule is O=C1NC(=Nc2ccccc2)SC1c1ccc(-c2cccc(Cl)c2Cl)o1. The van der Waals surface area contributed by atoms with Crippen molar-refractivity contribution in [2.24, 2.45) is 4.99 Å². The standard InChI is InChI=1S/C19H12Cl2N2O2S/c20-13-8-4-7-12(16(13)21)14-9-10-15(25-14)17-18(24)23-19(26-17)22-11-5-2-1-3-6-11/h1-10,17H,(H,22,23,24). The van der Waals surface area contributed by atoms with Crippen molar-refractivity contribution in [2.45, 2.75) is 5.25 Å². The average molecular weight is 403 g/mol. The lowest BCUT2D eigenvalue weighted by molar-refractivity contribution is -0.119. The molecule has 3 aromatic rings. The first-order chi connectivity index (χ1) is 12.6. The van der Waals surface area contributed by atoms with Crippen LogP contribution in [0.3, 0.4) is 0 Å². The molecule has 0 saturated carbocycles. The molecule has 1 amide bonds. The van der Waals surface area contributed by atoms with Gasteiger partial charge in [0, 0.05) is 5.56 Å². The van der Waals surface area contributed by atoms with Crippen LogP contribution in [0.25, 0.3) is 11.3 Å². The fourth-order valence-corrected chi connectivity index (χ4v) is 3.90. The summed E-state index contributed by atoms with van der Waals surface area (Å²) in [6.07, 6.45) is 0. The number of benzene rings is 2. The third-order valence-electron chi connectivity index (χ3n) is 3.79. The molecular formula is C19H12Cl2N2O2S. The topological polar surface area (TPSA) is 54.6 Å². The number of halogens is 2. The molecule has 0 bridgehead atoms. The quantitative estimate of drug-likeness (QED) is 0.597. The molecule has 1 fully saturated rings. The summed E-state index contributed by atoms with van der Waals surface area (Å²) in [6, 6.07) is 18.3. The van der Waals surface area contributed by atoms with Gasteiger partial charge in [0.05, 0.1) is 15.7 Å². The minimum atomic E-state index is -0.496. The van der Waals surface area contributed by atoms with Crippen LogP contribution in [-0.2, 0) is 4.79 Å². The van der Waals surface area contributed by atoms with Gasteiger partial charge in [-0.3, -0.25) is 4.79 Å². The number of furan rings is 1. The maximum absolute atomic E-state index is 12.3. The molecule has 0 aliphatic carbocycles. The summed E-state index contributed by atoms with van der Waals surface area (Å²) >= 11 is 13.6. The lowest BCUT2D eigenvalue weighted by atomic mass is 10.2. The predicted molar refractivity (Wildman–Crippen MR) is 106 cm³/mol. The van der Waals surface area contributed by atoms with E-state index >= 15 is 0 Å². The molecule has 2 heterocycles. The van der Waals surface area contributed by atoms with Gasteiger partial charge in [-0.05, 0) is 36.4 Å². The molecule has 1 unspecified atom stereocenters. The second-order valence-electron chi connectivity index (χ2n) is 5.54. The Balaban J connectivity index is 1.59. The molecule has 2 aromatic carbocycles. The first-order valence-electron chi connectivity index (χ1n) is 7.77. The van der Waals surface area contributed by atoms with Crippen LogP contribution in [0.2, 0.25) is 10.0 Å². The maximum Gasteiger partial charge on any atom is 0.247 e. The molecule has 1 aliphatic rings. The number of nitrogens with zero attached hydrogens (tertiary/aromatic N) is 1. The van der Waals surface area contributed by atoms with Gasteiger partial charge in [-0.2, -0.15) is 0 Å². The average Bonchev–Trinajstić information content (AvgIpc) is 3.25. The van der Waals surface area contributed by atoms with Gasteiger partial charge in [0.15, 0.2) is 5.17 Å². The van der Waals surface area contributed by atoms with E-state index in [4.69, 9.17) is 27.6 Å². The predicted octanol–water partition coefficient (Wildman–Crippen LogP) is 5.85. The van der Waals surface area contributed by atoms with E-state index in [0.29, 0.717) is 32.3 Å². The number of amidine groups is 1. The number of para-hydroxylation sites is 1. The summed E-state index contributed by atoms with van der Waals surface area (Å²) in [6.45, 7) is 0. The Morgan fingerprint density at radius 2 is 1.81 bits per heavy atom. The van der Waals surface area contributed by atoms with E-state index in [-0.39, 0.29) is 5.91 Å². The summed E-state index contributed by atoms with van der Waals surface area (Å²) < 4.78 is 5.88. The molecule has 4 rings (SSSR count). The largest absolute Gasteiger partial charge is 0.459 e. The van der Waals surface area contributed by atoms with Crippen molar-refractivity contribution < 1.29 is 9.21 Å². The van der Waals surface area contributed by atoms with Crippen LogP contribution < -0.4 is 5.32 Å². The Labute approximate surface area is 164 Å². The van der Waals surface area contributed by atoms with Gasteiger partial charge in [-0.15, -0.1) is 0 Å². The molecule has 1 N–H and O–H groups in total. The highest BCUT2D eigenvalue weighted by molar-refractivity contribution is 8.15. The molecular weight excluding hydrogens is 391 g/mol. The van der Waals surface area contributed by atoms with Crippen molar-refractivity contribution >= 4 is 51.7 Å². The Kier molecular flexibility index (Phi) is 4.76. The number of carbonyl (C=O) groups excluding carboxylic acids is 1. The Morgan fingerprint density at radius 1 is 1.00 bits per heavy atom. The molecule has 4 nitrogen and oxygen atoms in total. The third-order valence-corrected chi connectivity index (χ3v) is 5.70. The second-order valence-corrected chi connectivity index (χ2v) is 7.42. The van der Waals surface area contributed by atoms with Gasteiger partial charge < -0.3 is 9.73 Å². The second kappa shape index (κ2) is 7.19. The maximum atomic E-state index is 12.3. The Hall–Kier alpha value is -2.21. The Bertz CT molecular complexity index is 1000. The minimum Gasteiger partial charge on any atom is -0.459 e. The van der Waals surface area contributed by atoms with E-state index in [9.17, 15) is 4.79 Å². The number of hydrogen-bond donors (Lipinski definition) is 1. The van der Waals surface area contributed by atoms with E-state index in [2.05, 4.69) is 10.3 Å². The van der Waals surface area contributed by atoms with Crippen LogP contribution in [-0.4, -0.2) is 11.1 Å². The molecule has 0 spiro atoms. The third kappa shape index (κ3) is 3.38. The first-order valence-corrected chi connectivity index (χ1v) is 9.41. The summed E-state index contributed by atoms with van der Waals surface area (Å²) in [5.74, 6) is 0.939. The minimum absolute atomic E-state index is 0.164. The lowest BCUT2D eigenvalue weighted by Gasteiger charge is -2.04. The van der Waals surface area contributed by atoms with Crippen molar-refractivity contribution in [3.05, 3.63) is 76.5 Å². The van der Waals surface area contributed by atoms with E-state index in [1.54, 1.807) is 24.3 Å². The molecule has 0 radical (unpaired) electrons. The van der Waals surface area contributed by atoms with Gasteiger partial charge in [0.1, 0.15) is 16.8 Å². The molecule has 26 heavy (non-hydrogen) atoms. The lowest BCUT2D eigenvalue weighted by Crippen LogP contribution is -2.21. The number of hydrogen-bond acceptors (Lipinski definition) is 4. The number of nitrogens with one attached hydrogen (secondary N) is 1. The number of aliphatic imine (C=N–C) groups is 1. The normalized spacial score (nSPS) is 18.3. The van der Waals surface area contributed by atoms with E-state index in [0.717, 1.165) is 5.69 Å². The number of thioether (sulfide) groups is 1. The first kappa shape index (κ1) is 17.2. The zero-order valence-electron chi connectivity index (χ0n) is 13.3. The highest BCUT2D eigenvalue weighted by atomic mass is 35.5. The fourth-order valence-electron chi connectivity index (χ4n) is 2.56. The van der Waals surface area contributed by atoms with Crippen molar-refractivity contribution in [3.8, 4) is 11.3 Å². The van der Waals surface area contributed by atoms with Crippen molar-refractivity contribution in [1.29, 1.82) is 0 Å². The number of amides is 1. The van der Waals surface area contributed by atoms with E-state index in [1.807, 2.05) is 36.4 Å². The molecule has 130 valence electrons. The van der Waals surface area contributed by atoms with E-state index < -0.39 is 5.25 Å². The zero-order valence-corrected chi connectivity index (χ0v) is 15.6. The number of rotatable bonds is 3. The number of carbonyl (C=O) groups is 1. The fraction of sp³-hybridized carbons (Fsp3) is 0.0526. The molecule has 1 aromatic heterocycles. The van der Waals surface area contributed by atoms with Crippen LogP contribution in [0.4, 0.5) is 5.69 Å². The zero-order chi connectivity index (χ0) is 18.1. The summed E-state index contributed by atoms with van der Waals surface area (Å²) in [4.78, 5) is 16.8. The van der Waals surface area contributed by atoms with Crippen LogP contribution in [0.15, 0.2) is 70.1 Å². The molecule has 1 atom stereocenters. The Morgan fingerprint density at radius 3 is 2.62 bits per heavy atom. The van der Waals surface area contributed by atoms with Gasteiger partial charge in [-0.1, -0.05) is 59.2 Å². The van der Waals surface area contributed by atoms with Gasteiger partial charge in [-0.25, -0.2) is 4.99 Å². The van der Waals surface area contributed by atoms with Crippen molar-refractivity contribution in [1.82, 2.24) is 5.32 Å². The van der Waals surface area contributed by atoms with Crippen LogP contribution in [0.1, 0.15) is 11.0 Å². The van der Waals surface area contributed by atoms with Gasteiger partial charge >= 0.3 is 0 Å². The molecule has 7 heteroatoms. The summed E-state index contributed by atoms with van der Waals surface area (Å²) in [5, 5.41) is 3.71. The van der Waals surface area contributed by atoms with Crippen LogP contribution in [0, 0.1) is 0 Å². The van der Waals surface area contributed by atoms with Crippen molar-refractivity contribution in [2.75, 3.05) is 0 Å². The molecule has 1 aliphatic heterocycles. The highest BCUT2D eigenvalue weighted by Gasteiger charge is 2.34. The smallest absolute Gasteiger partial charge is 0.247 e. The summed E-state index contributed by atoms with van der Waals surface area (Å²) in [7, 11) is 0. The van der Waals surface area contributed by atoms with Crippen LogP contribution in [0.5, 0.6) is 0 Å². The summed E-state index contributed by atoms with van der Waals surface area (Å²) in [5.41, 5.74) is 1.47. The molecule has 1 saturated heterocycles. The highest BCUT2D eigenvalue weighted by Crippen LogP contribution is 2.40.